The monoisotopic (exact) mass is 430 g/mol. The van der Waals surface area contributed by atoms with E-state index in [2.05, 4.69) is 11.9 Å². The predicted octanol–water partition coefficient (Wildman–Crippen LogP) is 5.37. The summed E-state index contributed by atoms with van der Waals surface area (Å²) in [6.45, 7) is 6.64. The fourth-order valence-electron chi connectivity index (χ4n) is 4.61. The van der Waals surface area contributed by atoms with Gasteiger partial charge in [0.1, 0.15) is 11.6 Å². The molecule has 2 unspecified atom stereocenters. The zero-order chi connectivity index (χ0) is 22.2. The van der Waals surface area contributed by atoms with Crippen molar-refractivity contribution in [1.29, 1.82) is 0 Å². The van der Waals surface area contributed by atoms with Crippen LogP contribution in [-0.4, -0.2) is 38.6 Å². The molecule has 1 aromatic heterocycles. The second-order valence-electron chi connectivity index (χ2n) is 9.10. The number of ether oxygens (including phenoxy) is 2. The standard InChI is InChI=1S/C24H31FN2O4/c1-4-5-18-14-19(31-24(2,3)30-18)12-13-27-21(15-6-7-15)20(23(28)29)26-22(27)16-8-10-17(25)11-9-16/h8-11,15,18-19H,4-7,12-14H2,1-3H3,(H,28,29). The van der Waals surface area contributed by atoms with E-state index in [0.717, 1.165) is 44.2 Å². The molecule has 0 bridgehead atoms. The average molecular weight is 431 g/mol. The van der Waals surface area contributed by atoms with Crippen LogP contribution in [0.4, 0.5) is 4.39 Å². The van der Waals surface area contributed by atoms with Crippen molar-refractivity contribution in [2.75, 3.05) is 0 Å². The van der Waals surface area contributed by atoms with Crippen molar-refractivity contribution in [3.63, 3.8) is 0 Å². The maximum Gasteiger partial charge on any atom is 0.356 e. The van der Waals surface area contributed by atoms with Crippen molar-refractivity contribution in [3.8, 4) is 11.4 Å². The van der Waals surface area contributed by atoms with Gasteiger partial charge in [0.2, 0.25) is 0 Å². The lowest BCUT2D eigenvalue weighted by Gasteiger charge is -2.41. The van der Waals surface area contributed by atoms with Crippen molar-refractivity contribution < 1.29 is 23.8 Å². The lowest BCUT2D eigenvalue weighted by molar-refractivity contribution is -0.301. The van der Waals surface area contributed by atoms with Gasteiger partial charge < -0.3 is 19.1 Å². The number of halogens is 1. The van der Waals surface area contributed by atoms with E-state index in [-0.39, 0.29) is 29.6 Å². The number of nitrogens with zero attached hydrogens (tertiary/aromatic N) is 2. The normalized spacial score (nSPS) is 23.1. The lowest BCUT2D eigenvalue weighted by atomic mass is 10.0. The highest BCUT2D eigenvalue weighted by molar-refractivity contribution is 5.88. The van der Waals surface area contributed by atoms with Gasteiger partial charge in [-0.05, 0) is 63.8 Å². The zero-order valence-electron chi connectivity index (χ0n) is 18.4. The fraction of sp³-hybridized carbons (Fsp3) is 0.583. The van der Waals surface area contributed by atoms with Crippen LogP contribution in [0, 0.1) is 5.82 Å². The van der Waals surface area contributed by atoms with Gasteiger partial charge in [-0.25, -0.2) is 14.2 Å². The van der Waals surface area contributed by atoms with Gasteiger partial charge in [0.25, 0.3) is 0 Å². The summed E-state index contributed by atoms with van der Waals surface area (Å²) in [5.74, 6) is -1.19. The molecule has 0 spiro atoms. The predicted molar refractivity (Wildman–Crippen MR) is 115 cm³/mol. The number of hydrogen-bond acceptors (Lipinski definition) is 4. The number of carbonyl (C=O) groups is 1. The van der Waals surface area contributed by atoms with E-state index in [1.165, 1.54) is 12.1 Å². The molecule has 2 heterocycles. The minimum Gasteiger partial charge on any atom is -0.476 e. The molecule has 1 saturated heterocycles. The van der Waals surface area contributed by atoms with Gasteiger partial charge in [-0.3, -0.25) is 0 Å². The first-order valence-electron chi connectivity index (χ1n) is 11.2. The minimum absolute atomic E-state index is 0.0177. The van der Waals surface area contributed by atoms with Gasteiger partial charge in [0.15, 0.2) is 11.5 Å². The topological polar surface area (TPSA) is 73.6 Å². The molecule has 2 aliphatic rings. The second-order valence-corrected chi connectivity index (χ2v) is 9.10. The smallest absolute Gasteiger partial charge is 0.356 e. The van der Waals surface area contributed by atoms with Crippen molar-refractivity contribution in [2.45, 2.75) is 89.8 Å². The van der Waals surface area contributed by atoms with Crippen molar-refractivity contribution in [3.05, 3.63) is 41.5 Å². The number of carboxylic acid groups (broad SMARTS) is 1. The summed E-state index contributed by atoms with van der Waals surface area (Å²) in [6, 6.07) is 6.07. The van der Waals surface area contributed by atoms with E-state index in [1.54, 1.807) is 12.1 Å². The molecule has 1 aromatic carbocycles. The maximum atomic E-state index is 13.5. The molecular weight excluding hydrogens is 399 g/mol. The fourth-order valence-corrected chi connectivity index (χ4v) is 4.61. The summed E-state index contributed by atoms with van der Waals surface area (Å²) < 4.78 is 27.7. The summed E-state index contributed by atoms with van der Waals surface area (Å²) >= 11 is 0. The van der Waals surface area contributed by atoms with Crippen molar-refractivity contribution in [1.82, 2.24) is 9.55 Å². The summed E-state index contributed by atoms with van der Waals surface area (Å²) in [5, 5.41) is 9.77. The Kier molecular flexibility index (Phi) is 6.17. The first-order valence-corrected chi connectivity index (χ1v) is 11.2. The Balaban J connectivity index is 1.63. The quantitative estimate of drug-likeness (QED) is 0.610. The van der Waals surface area contributed by atoms with Crippen molar-refractivity contribution >= 4 is 5.97 Å². The van der Waals surface area contributed by atoms with Gasteiger partial charge in [0.05, 0.1) is 17.9 Å². The third-order valence-electron chi connectivity index (χ3n) is 5.99. The Bertz CT molecular complexity index is 934. The Morgan fingerprint density at radius 2 is 1.84 bits per heavy atom. The molecule has 168 valence electrons. The number of imidazole rings is 1. The number of aromatic carboxylic acids is 1. The maximum absolute atomic E-state index is 13.5. The van der Waals surface area contributed by atoms with Gasteiger partial charge >= 0.3 is 5.97 Å². The SMILES string of the molecule is CCCC1CC(CCn2c(-c3ccc(F)cc3)nc(C(=O)O)c2C2CC2)OC(C)(C)O1. The molecule has 1 N–H and O–H groups in total. The van der Waals surface area contributed by atoms with Crippen LogP contribution in [0.2, 0.25) is 0 Å². The summed E-state index contributed by atoms with van der Waals surface area (Å²) in [7, 11) is 0. The Hall–Kier alpha value is -2.25. The van der Waals surface area contributed by atoms with Gasteiger partial charge in [-0.1, -0.05) is 13.3 Å². The summed E-state index contributed by atoms with van der Waals surface area (Å²) in [5.41, 5.74) is 1.61. The van der Waals surface area contributed by atoms with E-state index in [0.29, 0.717) is 17.9 Å². The van der Waals surface area contributed by atoms with Crippen LogP contribution in [0.15, 0.2) is 24.3 Å². The molecule has 0 amide bonds. The molecule has 6 nitrogen and oxygen atoms in total. The molecule has 2 aromatic rings. The molecule has 4 rings (SSSR count). The molecule has 7 heteroatoms. The van der Waals surface area contributed by atoms with Crippen molar-refractivity contribution in [2.24, 2.45) is 0 Å². The number of carboxylic acids is 1. The van der Waals surface area contributed by atoms with Gasteiger partial charge in [0, 0.05) is 24.4 Å². The van der Waals surface area contributed by atoms with Crippen LogP contribution < -0.4 is 0 Å². The molecule has 1 saturated carbocycles. The van der Waals surface area contributed by atoms with E-state index >= 15 is 0 Å². The minimum atomic E-state index is -1.02. The van der Waals surface area contributed by atoms with Crippen LogP contribution in [0.5, 0.6) is 0 Å². The van der Waals surface area contributed by atoms with Gasteiger partial charge in [-0.15, -0.1) is 0 Å². The number of rotatable bonds is 8. The van der Waals surface area contributed by atoms with Gasteiger partial charge in [-0.2, -0.15) is 0 Å². The molecule has 0 radical (unpaired) electrons. The van der Waals surface area contributed by atoms with E-state index < -0.39 is 11.8 Å². The lowest BCUT2D eigenvalue weighted by Crippen LogP contribution is -2.44. The van der Waals surface area contributed by atoms with Crippen LogP contribution in [0.3, 0.4) is 0 Å². The first-order chi connectivity index (χ1) is 14.8. The van der Waals surface area contributed by atoms with Crippen LogP contribution in [0.25, 0.3) is 11.4 Å². The summed E-state index contributed by atoms with van der Waals surface area (Å²) in [4.78, 5) is 16.4. The number of benzene rings is 1. The third kappa shape index (κ3) is 4.99. The highest BCUT2D eigenvalue weighted by Crippen LogP contribution is 2.43. The van der Waals surface area contributed by atoms with E-state index in [9.17, 15) is 14.3 Å². The summed E-state index contributed by atoms with van der Waals surface area (Å²) in [6.07, 6.45) is 5.71. The highest BCUT2D eigenvalue weighted by atomic mass is 19.1. The largest absolute Gasteiger partial charge is 0.476 e. The zero-order valence-corrected chi connectivity index (χ0v) is 18.4. The second kappa shape index (κ2) is 8.71. The van der Waals surface area contributed by atoms with E-state index in [4.69, 9.17) is 9.47 Å². The Morgan fingerprint density at radius 3 is 2.42 bits per heavy atom. The molecular formula is C24H31FN2O4. The van der Waals surface area contributed by atoms with Crippen LogP contribution in [-0.2, 0) is 16.0 Å². The number of hydrogen-bond donors (Lipinski definition) is 1. The van der Waals surface area contributed by atoms with E-state index in [1.807, 2.05) is 18.4 Å². The van der Waals surface area contributed by atoms with Crippen LogP contribution in [0.1, 0.15) is 81.4 Å². The Morgan fingerprint density at radius 1 is 1.19 bits per heavy atom. The molecule has 31 heavy (non-hydrogen) atoms. The Labute approximate surface area is 182 Å². The first kappa shape index (κ1) is 22.0. The third-order valence-corrected chi connectivity index (χ3v) is 5.99. The molecule has 1 aliphatic heterocycles. The highest BCUT2D eigenvalue weighted by Gasteiger charge is 2.37. The molecule has 1 aliphatic carbocycles. The van der Waals surface area contributed by atoms with Crippen LogP contribution >= 0.6 is 0 Å². The number of aromatic nitrogens is 2. The molecule has 2 atom stereocenters. The average Bonchev–Trinajstić information content (AvgIpc) is 3.46. The molecule has 2 fully saturated rings.